The minimum Gasteiger partial charge on any atom is -0.399 e. The van der Waals surface area contributed by atoms with Gasteiger partial charge in [0.05, 0.1) is 28.5 Å². The monoisotopic (exact) mass is 269 g/mol. The first-order valence-electron chi connectivity index (χ1n) is 6.57. The molecule has 0 radical (unpaired) electrons. The van der Waals surface area contributed by atoms with Crippen LogP contribution in [0.4, 0.5) is 0 Å². The Bertz CT molecular complexity index is 699. The fraction of sp³-hybridized carbons (Fsp3) is 0.429. The van der Waals surface area contributed by atoms with Gasteiger partial charge in [-0.25, -0.2) is 4.52 Å². The van der Waals surface area contributed by atoms with E-state index in [0.29, 0.717) is 5.56 Å². The van der Waals surface area contributed by atoms with E-state index in [2.05, 4.69) is 11.2 Å². The van der Waals surface area contributed by atoms with E-state index >= 15 is 0 Å². The molecule has 0 aliphatic carbocycles. The Kier molecular flexibility index (Phi) is 2.68. The summed E-state index contributed by atoms with van der Waals surface area (Å²) in [6, 6.07) is 5.94. The van der Waals surface area contributed by atoms with Crippen LogP contribution in [0, 0.1) is 11.3 Å². The van der Waals surface area contributed by atoms with Crippen LogP contribution in [-0.2, 0) is 9.31 Å². The van der Waals surface area contributed by atoms with Crippen molar-refractivity contribution >= 4 is 18.1 Å². The zero-order chi connectivity index (χ0) is 14.5. The number of pyridine rings is 1. The van der Waals surface area contributed by atoms with Crippen molar-refractivity contribution in [1.82, 2.24) is 9.61 Å². The molecule has 1 saturated heterocycles. The molecule has 2 aromatic rings. The van der Waals surface area contributed by atoms with Crippen LogP contribution in [0.5, 0.6) is 0 Å². The first-order chi connectivity index (χ1) is 9.34. The smallest absolute Gasteiger partial charge is 0.399 e. The van der Waals surface area contributed by atoms with Crippen LogP contribution >= 0.6 is 0 Å². The Morgan fingerprint density at radius 1 is 1.25 bits per heavy atom. The normalized spacial score (nSPS) is 20.2. The van der Waals surface area contributed by atoms with Crippen molar-refractivity contribution in [3.8, 4) is 6.07 Å². The highest BCUT2D eigenvalue weighted by atomic mass is 16.7. The molecule has 1 fully saturated rings. The Morgan fingerprint density at radius 2 is 1.90 bits per heavy atom. The summed E-state index contributed by atoms with van der Waals surface area (Å²) in [5.74, 6) is 0. The molecule has 0 spiro atoms. The first kappa shape index (κ1) is 13.2. The summed E-state index contributed by atoms with van der Waals surface area (Å²) < 4.78 is 13.7. The van der Waals surface area contributed by atoms with Gasteiger partial charge in [0.25, 0.3) is 0 Å². The maximum absolute atomic E-state index is 9.08. The van der Waals surface area contributed by atoms with Crippen LogP contribution in [0.3, 0.4) is 0 Å². The summed E-state index contributed by atoms with van der Waals surface area (Å²) in [5, 5.41) is 13.2. The molecule has 3 heterocycles. The molecule has 6 heteroatoms. The number of nitriles is 1. The third-order valence-electron chi connectivity index (χ3n) is 4.19. The second-order valence-corrected chi connectivity index (χ2v) is 6.05. The van der Waals surface area contributed by atoms with Gasteiger partial charge in [0, 0.05) is 6.20 Å². The van der Waals surface area contributed by atoms with Crippen LogP contribution < -0.4 is 5.46 Å². The second-order valence-electron chi connectivity index (χ2n) is 6.05. The van der Waals surface area contributed by atoms with Crippen molar-refractivity contribution in [2.45, 2.75) is 38.9 Å². The van der Waals surface area contributed by atoms with Gasteiger partial charge in [-0.3, -0.25) is 0 Å². The molecule has 20 heavy (non-hydrogen) atoms. The Morgan fingerprint density at radius 3 is 2.50 bits per heavy atom. The van der Waals surface area contributed by atoms with E-state index in [1.807, 2.05) is 46.0 Å². The van der Waals surface area contributed by atoms with Gasteiger partial charge in [0.1, 0.15) is 6.07 Å². The molecular formula is C14H16BN3O2. The average molecular weight is 269 g/mol. The lowest BCUT2D eigenvalue weighted by Crippen LogP contribution is -2.41. The molecule has 3 rings (SSSR count). The zero-order valence-corrected chi connectivity index (χ0v) is 12.0. The lowest BCUT2D eigenvalue weighted by atomic mass is 9.79. The maximum Gasteiger partial charge on any atom is 0.494 e. The van der Waals surface area contributed by atoms with Crippen LogP contribution in [0.25, 0.3) is 5.52 Å². The van der Waals surface area contributed by atoms with Crippen LogP contribution in [0.15, 0.2) is 24.5 Å². The summed E-state index contributed by atoms with van der Waals surface area (Å²) in [6.07, 6.45) is 3.37. The van der Waals surface area contributed by atoms with Crippen molar-refractivity contribution in [2.75, 3.05) is 0 Å². The summed E-state index contributed by atoms with van der Waals surface area (Å²) in [4.78, 5) is 0. The van der Waals surface area contributed by atoms with E-state index in [0.717, 1.165) is 11.0 Å². The zero-order valence-electron chi connectivity index (χ0n) is 12.0. The number of aromatic nitrogens is 2. The molecule has 0 aromatic carbocycles. The van der Waals surface area contributed by atoms with E-state index in [1.165, 1.54) is 0 Å². The molecule has 1 aliphatic rings. The van der Waals surface area contributed by atoms with Gasteiger partial charge in [-0.1, -0.05) is 0 Å². The van der Waals surface area contributed by atoms with Crippen molar-refractivity contribution in [2.24, 2.45) is 0 Å². The minimum absolute atomic E-state index is 0.373. The lowest BCUT2D eigenvalue weighted by Gasteiger charge is -2.32. The van der Waals surface area contributed by atoms with Crippen LogP contribution in [0.1, 0.15) is 33.3 Å². The topological polar surface area (TPSA) is 59.5 Å². The number of hydrogen-bond acceptors (Lipinski definition) is 4. The fourth-order valence-electron chi connectivity index (χ4n) is 2.21. The summed E-state index contributed by atoms with van der Waals surface area (Å²) in [7, 11) is -0.425. The predicted octanol–water partition coefficient (Wildman–Crippen LogP) is 1.51. The summed E-state index contributed by atoms with van der Waals surface area (Å²) in [6.45, 7) is 8.08. The molecule has 0 amide bonds. The largest absolute Gasteiger partial charge is 0.494 e. The highest BCUT2D eigenvalue weighted by Gasteiger charge is 2.51. The van der Waals surface area contributed by atoms with Gasteiger partial charge in [0.15, 0.2) is 0 Å². The number of fused-ring (bicyclic) bond motifs is 1. The third-order valence-corrected chi connectivity index (χ3v) is 4.19. The average Bonchev–Trinajstić information content (AvgIpc) is 2.87. The molecule has 0 unspecified atom stereocenters. The Labute approximate surface area is 118 Å². The quantitative estimate of drug-likeness (QED) is 0.736. The lowest BCUT2D eigenvalue weighted by molar-refractivity contribution is 0.00578. The van der Waals surface area contributed by atoms with Crippen molar-refractivity contribution in [3.63, 3.8) is 0 Å². The number of nitrogens with zero attached hydrogens (tertiary/aromatic N) is 3. The Balaban J connectivity index is 2.02. The van der Waals surface area contributed by atoms with Gasteiger partial charge in [-0.2, -0.15) is 10.4 Å². The van der Waals surface area contributed by atoms with Crippen molar-refractivity contribution < 1.29 is 9.31 Å². The maximum atomic E-state index is 9.08. The molecule has 0 saturated carbocycles. The predicted molar refractivity (Wildman–Crippen MR) is 75.6 cm³/mol. The van der Waals surface area contributed by atoms with E-state index in [1.54, 1.807) is 10.7 Å². The first-order valence-corrected chi connectivity index (χ1v) is 6.57. The molecule has 0 bridgehead atoms. The van der Waals surface area contributed by atoms with Crippen LogP contribution in [0.2, 0.25) is 0 Å². The second kappa shape index (κ2) is 4.08. The molecule has 0 atom stereocenters. The highest BCUT2D eigenvalue weighted by molar-refractivity contribution is 6.62. The minimum atomic E-state index is -0.425. The van der Waals surface area contributed by atoms with E-state index in [9.17, 15) is 0 Å². The van der Waals surface area contributed by atoms with Gasteiger partial charge < -0.3 is 9.31 Å². The molecule has 2 aromatic heterocycles. The molecule has 1 aliphatic heterocycles. The third kappa shape index (κ3) is 1.82. The van der Waals surface area contributed by atoms with Crippen molar-refractivity contribution in [1.29, 1.82) is 5.26 Å². The van der Waals surface area contributed by atoms with Crippen LogP contribution in [-0.4, -0.2) is 27.9 Å². The summed E-state index contributed by atoms with van der Waals surface area (Å²) in [5.41, 5.74) is 1.46. The van der Waals surface area contributed by atoms with E-state index in [-0.39, 0.29) is 11.2 Å². The van der Waals surface area contributed by atoms with Gasteiger partial charge in [-0.05, 0) is 45.3 Å². The number of rotatable bonds is 1. The Hall–Kier alpha value is -1.84. The molecular weight excluding hydrogens is 253 g/mol. The standard InChI is InChI=1S/C14H16BN3O2/c1-13(2)14(3,4)20-15(19-13)11-5-6-18-12(7-11)10(8-16)9-17-18/h5-7,9H,1-4H3. The van der Waals surface area contributed by atoms with Gasteiger partial charge in [0.2, 0.25) is 0 Å². The van der Waals surface area contributed by atoms with Gasteiger partial charge in [-0.15, -0.1) is 0 Å². The van der Waals surface area contributed by atoms with Crippen molar-refractivity contribution in [3.05, 3.63) is 30.1 Å². The molecule has 0 N–H and O–H groups in total. The van der Waals surface area contributed by atoms with Gasteiger partial charge >= 0.3 is 7.12 Å². The highest BCUT2D eigenvalue weighted by Crippen LogP contribution is 2.36. The van der Waals surface area contributed by atoms with E-state index < -0.39 is 7.12 Å². The summed E-state index contributed by atoms with van der Waals surface area (Å²) >= 11 is 0. The number of hydrogen-bond donors (Lipinski definition) is 0. The fourth-order valence-corrected chi connectivity index (χ4v) is 2.21. The molecule has 102 valence electrons. The van der Waals surface area contributed by atoms with E-state index in [4.69, 9.17) is 14.6 Å². The SMILES string of the molecule is CC1(C)OB(c2ccn3ncc(C#N)c3c2)OC1(C)C. The molecule has 5 nitrogen and oxygen atoms in total.